The summed E-state index contributed by atoms with van der Waals surface area (Å²) in [5, 5.41) is 3.00. The van der Waals surface area contributed by atoms with E-state index in [0.717, 1.165) is 0 Å². The van der Waals surface area contributed by atoms with Gasteiger partial charge in [0.25, 0.3) is 11.8 Å². The highest BCUT2D eigenvalue weighted by Gasteiger charge is 2.14. The average Bonchev–Trinajstić information content (AvgIpc) is 2.55. The number of aromatic nitrogens is 1. The summed E-state index contributed by atoms with van der Waals surface area (Å²) < 4.78 is 0. The Morgan fingerprint density at radius 2 is 1.67 bits per heavy atom. The predicted octanol–water partition coefficient (Wildman–Crippen LogP) is 4.12. The SMILES string of the molecule is CCN(CC)C(=O)c1cccc(NC(=O)c2cc(Cl)nc(Cl)c2)c1. The fourth-order valence-electron chi connectivity index (χ4n) is 2.22. The van der Waals surface area contributed by atoms with E-state index in [-0.39, 0.29) is 22.1 Å². The highest BCUT2D eigenvalue weighted by Crippen LogP contribution is 2.18. The van der Waals surface area contributed by atoms with Crippen LogP contribution in [0.4, 0.5) is 5.69 Å². The highest BCUT2D eigenvalue weighted by atomic mass is 35.5. The molecule has 0 saturated carbocycles. The van der Waals surface area contributed by atoms with Gasteiger partial charge in [-0.3, -0.25) is 9.59 Å². The summed E-state index contributed by atoms with van der Waals surface area (Å²) in [6.07, 6.45) is 0. The number of amides is 2. The van der Waals surface area contributed by atoms with Crippen LogP contribution >= 0.6 is 23.2 Å². The standard InChI is InChI=1S/C17H17Cl2N3O2/c1-3-22(4-2)17(24)11-6-5-7-13(8-11)20-16(23)12-9-14(18)21-15(19)10-12/h5-10H,3-4H2,1-2H3,(H,20,23). The Balaban J connectivity index is 2.20. The van der Waals surface area contributed by atoms with Crippen LogP contribution in [0, 0.1) is 0 Å². The summed E-state index contributed by atoms with van der Waals surface area (Å²) >= 11 is 11.6. The number of hydrogen-bond acceptors (Lipinski definition) is 3. The zero-order chi connectivity index (χ0) is 17.7. The second kappa shape index (κ2) is 8.13. The number of benzene rings is 1. The minimum Gasteiger partial charge on any atom is -0.339 e. The van der Waals surface area contributed by atoms with Gasteiger partial charge < -0.3 is 10.2 Å². The maximum Gasteiger partial charge on any atom is 0.255 e. The molecule has 2 amide bonds. The molecule has 1 aromatic heterocycles. The number of rotatable bonds is 5. The zero-order valence-electron chi connectivity index (χ0n) is 13.3. The lowest BCUT2D eigenvalue weighted by atomic mass is 10.1. The quantitative estimate of drug-likeness (QED) is 0.810. The van der Waals surface area contributed by atoms with Crippen LogP contribution in [0.3, 0.4) is 0 Å². The van der Waals surface area contributed by atoms with Gasteiger partial charge in [-0.2, -0.15) is 0 Å². The van der Waals surface area contributed by atoms with Crippen LogP contribution < -0.4 is 5.32 Å². The third-order valence-electron chi connectivity index (χ3n) is 3.44. The number of carbonyl (C=O) groups excluding carboxylic acids is 2. The Hall–Kier alpha value is -2.11. The molecule has 5 nitrogen and oxygen atoms in total. The van der Waals surface area contributed by atoms with Gasteiger partial charge in [-0.1, -0.05) is 29.3 Å². The molecule has 0 unspecified atom stereocenters. The first-order chi connectivity index (χ1) is 11.4. The molecule has 0 aliphatic rings. The van der Waals surface area contributed by atoms with Crippen molar-refractivity contribution in [3.8, 4) is 0 Å². The molecule has 126 valence electrons. The Kier molecular flexibility index (Phi) is 6.17. The third kappa shape index (κ3) is 4.46. The number of anilines is 1. The summed E-state index contributed by atoms with van der Waals surface area (Å²) in [4.78, 5) is 30.2. The lowest BCUT2D eigenvalue weighted by Crippen LogP contribution is -2.30. The number of halogens is 2. The molecule has 0 bridgehead atoms. The first-order valence-electron chi connectivity index (χ1n) is 7.48. The van der Waals surface area contributed by atoms with Crippen molar-refractivity contribution in [3.63, 3.8) is 0 Å². The van der Waals surface area contributed by atoms with E-state index in [1.807, 2.05) is 13.8 Å². The molecular weight excluding hydrogens is 349 g/mol. The summed E-state index contributed by atoms with van der Waals surface area (Å²) in [5.74, 6) is -0.459. The Morgan fingerprint density at radius 3 is 2.25 bits per heavy atom. The van der Waals surface area contributed by atoms with Gasteiger partial charge in [-0.25, -0.2) is 4.98 Å². The van der Waals surface area contributed by atoms with Crippen LogP contribution in [0.2, 0.25) is 10.3 Å². The maximum atomic E-state index is 12.4. The van der Waals surface area contributed by atoms with Crippen molar-refractivity contribution in [1.82, 2.24) is 9.88 Å². The first-order valence-corrected chi connectivity index (χ1v) is 8.24. The maximum absolute atomic E-state index is 12.4. The van der Waals surface area contributed by atoms with E-state index in [0.29, 0.717) is 29.9 Å². The van der Waals surface area contributed by atoms with Crippen molar-refractivity contribution in [1.29, 1.82) is 0 Å². The minimum absolute atomic E-state index is 0.0777. The molecule has 0 fully saturated rings. The van der Waals surface area contributed by atoms with Crippen LogP contribution in [0.15, 0.2) is 36.4 Å². The molecule has 24 heavy (non-hydrogen) atoms. The number of hydrogen-bond donors (Lipinski definition) is 1. The minimum atomic E-state index is -0.381. The summed E-state index contributed by atoms with van der Waals surface area (Å²) in [7, 11) is 0. The van der Waals surface area contributed by atoms with Crippen molar-refractivity contribution in [2.24, 2.45) is 0 Å². The molecule has 1 heterocycles. The summed E-state index contributed by atoms with van der Waals surface area (Å²) in [6, 6.07) is 9.64. The number of nitrogens with zero attached hydrogens (tertiary/aromatic N) is 2. The smallest absolute Gasteiger partial charge is 0.255 e. The van der Waals surface area contributed by atoms with E-state index in [1.165, 1.54) is 12.1 Å². The molecule has 0 atom stereocenters. The van der Waals surface area contributed by atoms with Crippen molar-refractivity contribution in [2.45, 2.75) is 13.8 Å². The lowest BCUT2D eigenvalue weighted by molar-refractivity contribution is 0.0772. The molecule has 7 heteroatoms. The molecule has 0 saturated heterocycles. The molecule has 0 spiro atoms. The normalized spacial score (nSPS) is 10.3. The predicted molar refractivity (Wildman–Crippen MR) is 95.9 cm³/mol. The molecule has 1 N–H and O–H groups in total. The van der Waals surface area contributed by atoms with Crippen LogP contribution in [0.1, 0.15) is 34.6 Å². The van der Waals surface area contributed by atoms with Gasteiger partial charge in [0.05, 0.1) is 0 Å². The molecule has 0 aliphatic carbocycles. The monoisotopic (exact) mass is 365 g/mol. The second-order valence-corrected chi connectivity index (χ2v) is 5.79. The molecule has 1 aromatic carbocycles. The van der Waals surface area contributed by atoms with E-state index in [4.69, 9.17) is 23.2 Å². The molecule has 0 aliphatic heterocycles. The van der Waals surface area contributed by atoms with Crippen LogP contribution in [0.5, 0.6) is 0 Å². The van der Waals surface area contributed by atoms with Crippen molar-refractivity contribution < 1.29 is 9.59 Å². The molecule has 2 aromatic rings. The average molecular weight is 366 g/mol. The van der Waals surface area contributed by atoms with Gasteiger partial charge in [0.2, 0.25) is 0 Å². The molecule has 2 rings (SSSR count). The van der Waals surface area contributed by atoms with E-state index < -0.39 is 0 Å². The largest absolute Gasteiger partial charge is 0.339 e. The highest BCUT2D eigenvalue weighted by molar-refractivity contribution is 6.33. The zero-order valence-corrected chi connectivity index (χ0v) is 14.9. The Morgan fingerprint density at radius 1 is 1.04 bits per heavy atom. The Bertz CT molecular complexity index is 741. The van der Waals surface area contributed by atoms with Gasteiger partial charge in [0, 0.05) is 29.9 Å². The van der Waals surface area contributed by atoms with E-state index in [9.17, 15) is 9.59 Å². The van der Waals surface area contributed by atoms with Gasteiger partial charge >= 0.3 is 0 Å². The van der Waals surface area contributed by atoms with Gasteiger partial charge in [0.1, 0.15) is 10.3 Å². The van der Waals surface area contributed by atoms with Crippen molar-refractivity contribution in [2.75, 3.05) is 18.4 Å². The number of carbonyl (C=O) groups is 2. The lowest BCUT2D eigenvalue weighted by Gasteiger charge is -2.19. The van der Waals surface area contributed by atoms with Gasteiger partial charge in [-0.05, 0) is 44.2 Å². The summed E-state index contributed by atoms with van der Waals surface area (Å²) in [6.45, 7) is 5.09. The molecular formula is C17H17Cl2N3O2. The van der Waals surface area contributed by atoms with Crippen LogP contribution in [0.25, 0.3) is 0 Å². The van der Waals surface area contributed by atoms with Gasteiger partial charge in [-0.15, -0.1) is 0 Å². The van der Waals surface area contributed by atoms with Gasteiger partial charge in [0.15, 0.2) is 0 Å². The first kappa shape index (κ1) is 18.2. The number of pyridine rings is 1. The third-order valence-corrected chi connectivity index (χ3v) is 3.83. The topological polar surface area (TPSA) is 62.3 Å². The molecule has 0 radical (unpaired) electrons. The van der Waals surface area contributed by atoms with Crippen molar-refractivity contribution in [3.05, 3.63) is 57.8 Å². The van der Waals surface area contributed by atoms with E-state index in [1.54, 1.807) is 29.2 Å². The van der Waals surface area contributed by atoms with Crippen LogP contribution in [-0.4, -0.2) is 34.8 Å². The van der Waals surface area contributed by atoms with Crippen LogP contribution in [-0.2, 0) is 0 Å². The fourth-order valence-corrected chi connectivity index (χ4v) is 2.68. The second-order valence-electron chi connectivity index (χ2n) is 5.01. The van der Waals surface area contributed by atoms with E-state index >= 15 is 0 Å². The Labute approximate surface area is 150 Å². The fraction of sp³-hybridized carbons (Fsp3) is 0.235. The van der Waals surface area contributed by atoms with E-state index in [2.05, 4.69) is 10.3 Å². The number of nitrogens with one attached hydrogen (secondary N) is 1. The van der Waals surface area contributed by atoms with Crippen molar-refractivity contribution >= 4 is 40.7 Å². The summed E-state index contributed by atoms with van der Waals surface area (Å²) in [5.41, 5.74) is 1.32.